The van der Waals surface area contributed by atoms with Gasteiger partial charge in [-0.15, -0.1) is 0 Å². The average molecular weight is 253 g/mol. The Labute approximate surface area is 116 Å². The third-order valence-electron chi connectivity index (χ3n) is 3.83. The van der Waals surface area contributed by atoms with Gasteiger partial charge in [0.15, 0.2) is 0 Å². The molecular formula is C18H23N. The smallest absolute Gasteiger partial charge is 0.000419 e. The Hall–Kier alpha value is -1.60. The van der Waals surface area contributed by atoms with Crippen LogP contribution in [0.3, 0.4) is 0 Å². The maximum absolute atomic E-state index is 5.98. The Morgan fingerprint density at radius 1 is 0.947 bits per heavy atom. The van der Waals surface area contributed by atoms with Crippen molar-refractivity contribution in [3.63, 3.8) is 0 Å². The first-order chi connectivity index (χ1) is 9.24. The van der Waals surface area contributed by atoms with E-state index in [0.29, 0.717) is 12.5 Å². The molecule has 2 aromatic carbocycles. The van der Waals surface area contributed by atoms with E-state index in [0.717, 1.165) is 12.8 Å². The SMILES string of the molecule is CCc1ccc(CC(CN)c2ccccc2C)cc1. The summed E-state index contributed by atoms with van der Waals surface area (Å²) < 4.78 is 0. The molecule has 0 heterocycles. The van der Waals surface area contributed by atoms with Gasteiger partial charge < -0.3 is 5.73 Å². The number of nitrogens with two attached hydrogens (primary N) is 1. The van der Waals surface area contributed by atoms with Crippen molar-refractivity contribution in [2.45, 2.75) is 32.6 Å². The Bertz CT molecular complexity index is 513. The molecule has 0 aliphatic heterocycles. The highest BCUT2D eigenvalue weighted by atomic mass is 14.5. The summed E-state index contributed by atoms with van der Waals surface area (Å²) in [6, 6.07) is 17.5. The van der Waals surface area contributed by atoms with Crippen LogP contribution in [0, 0.1) is 6.92 Å². The van der Waals surface area contributed by atoms with E-state index in [4.69, 9.17) is 5.73 Å². The largest absolute Gasteiger partial charge is 0.330 e. The van der Waals surface area contributed by atoms with Crippen LogP contribution in [0.25, 0.3) is 0 Å². The van der Waals surface area contributed by atoms with E-state index in [1.165, 1.54) is 22.3 Å². The Morgan fingerprint density at radius 3 is 2.16 bits per heavy atom. The van der Waals surface area contributed by atoms with Gasteiger partial charge in [-0.25, -0.2) is 0 Å². The molecule has 0 spiro atoms. The summed E-state index contributed by atoms with van der Waals surface area (Å²) in [5.74, 6) is 0.411. The Morgan fingerprint density at radius 2 is 1.58 bits per heavy atom. The van der Waals surface area contributed by atoms with E-state index in [1.807, 2.05) is 0 Å². The van der Waals surface area contributed by atoms with E-state index >= 15 is 0 Å². The molecule has 0 bridgehead atoms. The van der Waals surface area contributed by atoms with Gasteiger partial charge in [-0.05, 0) is 48.6 Å². The first-order valence-corrected chi connectivity index (χ1v) is 7.08. The van der Waals surface area contributed by atoms with Crippen LogP contribution < -0.4 is 5.73 Å². The zero-order valence-corrected chi connectivity index (χ0v) is 11.9. The second-order valence-electron chi connectivity index (χ2n) is 5.16. The van der Waals surface area contributed by atoms with E-state index in [1.54, 1.807) is 0 Å². The molecule has 0 fully saturated rings. The Balaban J connectivity index is 2.17. The van der Waals surface area contributed by atoms with Crippen molar-refractivity contribution in [1.29, 1.82) is 0 Å². The standard InChI is InChI=1S/C18H23N/c1-3-15-8-10-16(11-9-15)12-17(13-19)18-7-5-4-6-14(18)2/h4-11,17H,3,12-13,19H2,1-2H3. The summed E-state index contributed by atoms with van der Waals surface area (Å²) in [5, 5.41) is 0. The van der Waals surface area contributed by atoms with Crippen LogP contribution in [-0.4, -0.2) is 6.54 Å². The van der Waals surface area contributed by atoms with Crippen LogP contribution in [0.15, 0.2) is 48.5 Å². The molecule has 1 atom stereocenters. The minimum absolute atomic E-state index is 0.411. The lowest BCUT2D eigenvalue weighted by molar-refractivity contribution is 0.690. The van der Waals surface area contributed by atoms with Crippen molar-refractivity contribution >= 4 is 0 Å². The van der Waals surface area contributed by atoms with Crippen LogP contribution in [0.5, 0.6) is 0 Å². The van der Waals surface area contributed by atoms with Crippen LogP contribution in [-0.2, 0) is 12.8 Å². The molecule has 0 aliphatic carbocycles. The predicted octanol–water partition coefficient (Wildman–Crippen LogP) is 3.84. The van der Waals surface area contributed by atoms with Gasteiger partial charge in [0.25, 0.3) is 0 Å². The molecule has 1 nitrogen and oxygen atoms in total. The van der Waals surface area contributed by atoms with Crippen LogP contribution in [0.1, 0.15) is 35.1 Å². The summed E-state index contributed by atoms with van der Waals surface area (Å²) in [6.07, 6.45) is 2.11. The topological polar surface area (TPSA) is 26.0 Å². The van der Waals surface area contributed by atoms with Gasteiger partial charge in [0.1, 0.15) is 0 Å². The molecule has 2 rings (SSSR count). The lowest BCUT2D eigenvalue weighted by atomic mass is 9.89. The predicted molar refractivity (Wildman–Crippen MR) is 82.5 cm³/mol. The summed E-state index contributed by atoms with van der Waals surface area (Å²) >= 11 is 0. The molecule has 2 aromatic rings. The van der Waals surface area contributed by atoms with Gasteiger partial charge in [0.2, 0.25) is 0 Å². The average Bonchev–Trinajstić information content (AvgIpc) is 2.46. The van der Waals surface area contributed by atoms with E-state index in [2.05, 4.69) is 62.4 Å². The van der Waals surface area contributed by atoms with E-state index < -0.39 is 0 Å². The van der Waals surface area contributed by atoms with Gasteiger partial charge in [-0.2, -0.15) is 0 Å². The van der Waals surface area contributed by atoms with E-state index in [-0.39, 0.29) is 0 Å². The van der Waals surface area contributed by atoms with Crippen LogP contribution in [0.2, 0.25) is 0 Å². The highest BCUT2D eigenvalue weighted by Gasteiger charge is 2.12. The normalized spacial score (nSPS) is 12.4. The summed E-state index contributed by atoms with van der Waals surface area (Å²) in [5.41, 5.74) is 11.5. The van der Waals surface area contributed by atoms with Gasteiger partial charge in [0.05, 0.1) is 0 Å². The monoisotopic (exact) mass is 253 g/mol. The minimum atomic E-state index is 0.411. The van der Waals surface area contributed by atoms with Crippen molar-refractivity contribution < 1.29 is 0 Å². The molecule has 19 heavy (non-hydrogen) atoms. The van der Waals surface area contributed by atoms with Gasteiger partial charge >= 0.3 is 0 Å². The summed E-state index contributed by atoms with van der Waals surface area (Å²) in [7, 11) is 0. The lowest BCUT2D eigenvalue weighted by Gasteiger charge is -2.18. The maximum Gasteiger partial charge on any atom is 0.000419 e. The minimum Gasteiger partial charge on any atom is -0.330 e. The second kappa shape index (κ2) is 6.53. The Kier molecular flexibility index (Phi) is 4.75. The molecular weight excluding hydrogens is 230 g/mol. The fraction of sp³-hybridized carbons (Fsp3) is 0.333. The number of hydrogen-bond acceptors (Lipinski definition) is 1. The van der Waals surface area contributed by atoms with Crippen LogP contribution >= 0.6 is 0 Å². The van der Waals surface area contributed by atoms with Gasteiger partial charge in [0, 0.05) is 5.92 Å². The van der Waals surface area contributed by atoms with Crippen molar-refractivity contribution in [2.24, 2.45) is 5.73 Å². The fourth-order valence-electron chi connectivity index (χ4n) is 2.56. The second-order valence-corrected chi connectivity index (χ2v) is 5.16. The molecule has 2 N–H and O–H groups in total. The molecule has 0 radical (unpaired) electrons. The molecule has 1 heteroatoms. The molecule has 0 aliphatic rings. The fourth-order valence-corrected chi connectivity index (χ4v) is 2.56. The highest BCUT2D eigenvalue weighted by molar-refractivity contribution is 5.32. The number of rotatable bonds is 5. The van der Waals surface area contributed by atoms with Gasteiger partial charge in [-0.3, -0.25) is 0 Å². The van der Waals surface area contributed by atoms with Gasteiger partial charge in [-0.1, -0.05) is 55.5 Å². The third kappa shape index (κ3) is 3.45. The molecule has 1 unspecified atom stereocenters. The highest BCUT2D eigenvalue weighted by Crippen LogP contribution is 2.23. The van der Waals surface area contributed by atoms with Crippen molar-refractivity contribution in [2.75, 3.05) is 6.54 Å². The van der Waals surface area contributed by atoms with Crippen molar-refractivity contribution in [3.8, 4) is 0 Å². The first kappa shape index (κ1) is 13.8. The zero-order chi connectivity index (χ0) is 13.7. The third-order valence-corrected chi connectivity index (χ3v) is 3.83. The lowest BCUT2D eigenvalue weighted by Crippen LogP contribution is -2.16. The molecule has 100 valence electrons. The summed E-state index contributed by atoms with van der Waals surface area (Å²) in [4.78, 5) is 0. The molecule has 0 aromatic heterocycles. The maximum atomic E-state index is 5.98. The van der Waals surface area contributed by atoms with Crippen molar-refractivity contribution in [1.82, 2.24) is 0 Å². The molecule has 0 amide bonds. The number of benzene rings is 2. The van der Waals surface area contributed by atoms with E-state index in [9.17, 15) is 0 Å². The number of aryl methyl sites for hydroxylation is 2. The molecule has 0 saturated carbocycles. The molecule has 0 saturated heterocycles. The quantitative estimate of drug-likeness (QED) is 0.860. The van der Waals surface area contributed by atoms with Crippen molar-refractivity contribution in [3.05, 3.63) is 70.8 Å². The van der Waals surface area contributed by atoms with Crippen LogP contribution in [0.4, 0.5) is 0 Å². The number of hydrogen-bond donors (Lipinski definition) is 1. The zero-order valence-electron chi connectivity index (χ0n) is 11.9. The first-order valence-electron chi connectivity index (χ1n) is 7.08. The summed E-state index contributed by atoms with van der Waals surface area (Å²) in [6.45, 7) is 5.05.